The molecule has 0 heterocycles. The van der Waals surface area contributed by atoms with Gasteiger partial charge in [0.25, 0.3) is 0 Å². The average molecular weight is 347 g/mol. The lowest BCUT2D eigenvalue weighted by molar-refractivity contribution is -0.157. The minimum absolute atomic E-state index is 0.0344. The number of carbonyl (C=O) groups excluding carboxylic acids is 1. The van der Waals surface area contributed by atoms with E-state index in [-0.39, 0.29) is 5.56 Å². The second kappa shape index (κ2) is 7.21. The van der Waals surface area contributed by atoms with Crippen molar-refractivity contribution in [2.45, 2.75) is 50.9 Å². The number of rotatable bonds is 5. The number of carboxylic acid groups (broad SMARTS) is 1. The van der Waals surface area contributed by atoms with Crippen molar-refractivity contribution in [1.29, 1.82) is 0 Å². The van der Waals surface area contributed by atoms with Crippen LogP contribution in [0.4, 0.5) is 13.2 Å². The van der Waals surface area contributed by atoms with E-state index < -0.39 is 47.7 Å². The van der Waals surface area contributed by atoms with Gasteiger partial charge in [-0.3, -0.25) is 9.59 Å². The fraction of sp³-hybridized carbons (Fsp3) is 0.500. The van der Waals surface area contributed by atoms with Crippen LogP contribution >= 0.6 is 0 Å². The Morgan fingerprint density at radius 2 is 1.83 bits per heavy atom. The molecule has 0 unspecified atom stereocenters. The summed E-state index contributed by atoms with van der Waals surface area (Å²) in [6.07, 6.45) is -5.18. The Hall–Kier alpha value is -2.09. The van der Waals surface area contributed by atoms with E-state index in [4.69, 9.17) is 15.6 Å². The van der Waals surface area contributed by atoms with E-state index in [2.05, 4.69) is 0 Å². The Morgan fingerprint density at radius 1 is 1.25 bits per heavy atom. The Bertz CT molecular complexity index is 608. The van der Waals surface area contributed by atoms with Gasteiger partial charge >= 0.3 is 18.1 Å². The molecule has 1 rings (SSSR count). The van der Waals surface area contributed by atoms with E-state index >= 15 is 0 Å². The van der Waals surface area contributed by atoms with Crippen molar-refractivity contribution in [3.63, 3.8) is 0 Å². The van der Waals surface area contributed by atoms with Crippen LogP contribution in [-0.4, -0.2) is 28.7 Å². The maximum atomic E-state index is 12.9. The van der Waals surface area contributed by atoms with Gasteiger partial charge in [-0.25, -0.2) is 0 Å². The van der Waals surface area contributed by atoms with E-state index in [9.17, 15) is 22.8 Å². The van der Waals surface area contributed by atoms with Crippen molar-refractivity contribution in [3.8, 4) is 0 Å². The standard InChI is InChI=1S/C16H20F3NO4/c1-15(2,3)24-14(23)13(11(20)8-12(21)22)9-5-4-6-10(7-9)16(17,18)19/h4-7,11,13H,8,20H2,1-3H3,(H,21,22)/t11-,13-/m0/s1. The highest BCUT2D eigenvalue weighted by molar-refractivity contribution is 5.81. The third kappa shape index (κ3) is 5.84. The lowest BCUT2D eigenvalue weighted by atomic mass is 9.89. The summed E-state index contributed by atoms with van der Waals surface area (Å²) in [4.78, 5) is 23.2. The molecule has 0 aliphatic rings. The zero-order valence-corrected chi connectivity index (χ0v) is 13.6. The van der Waals surface area contributed by atoms with Crippen molar-refractivity contribution in [3.05, 3.63) is 35.4 Å². The molecule has 1 aromatic rings. The molecule has 0 spiro atoms. The Kier molecular flexibility index (Phi) is 5.99. The largest absolute Gasteiger partial charge is 0.481 e. The molecular formula is C16H20F3NO4. The van der Waals surface area contributed by atoms with Gasteiger partial charge in [-0.15, -0.1) is 0 Å². The molecule has 3 N–H and O–H groups in total. The van der Waals surface area contributed by atoms with Crippen LogP contribution in [0.1, 0.15) is 44.2 Å². The van der Waals surface area contributed by atoms with Gasteiger partial charge in [-0.1, -0.05) is 18.2 Å². The van der Waals surface area contributed by atoms with Crippen LogP contribution in [0, 0.1) is 0 Å². The quantitative estimate of drug-likeness (QED) is 0.800. The number of aliphatic carboxylic acids is 1. The van der Waals surface area contributed by atoms with Gasteiger partial charge in [-0.2, -0.15) is 13.2 Å². The van der Waals surface area contributed by atoms with E-state index in [1.54, 1.807) is 20.8 Å². The molecular weight excluding hydrogens is 327 g/mol. The highest BCUT2D eigenvalue weighted by Gasteiger charge is 2.36. The summed E-state index contributed by atoms with van der Waals surface area (Å²) in [6.45, 7) is 4.78. The molecule has 0 fully saturated rings. The van der Waals surface area contributed by atoms with Gasteiger partial charge < -0.3 is 15.6 Å². The van der Waals surface area contributed by atoms with E-state index in [1.807, 2.05) is 0 Å². The highest BCUT2D eigenvalue weighted by Crippen LogP contribution is 2.33. The lowest BCUT2D eigenvalue weighted by Gasteiger charge is -2.27. The van der Waals surface area contributed by atoms with Gasteiger partial charge in [0.05, 0.1) is 17.9 Å². The first-order chi connectivity index (χ1) is 10.8. The fourth-order valence-corrected chi connectivity index (χ4v) is 2.15. The third-order valence-electron chi connectivity index (χ3n) is 3.07. The lowest BCUT2D eigenvalue weighted by Crippen LogP contribution is -2.39. The molecule has 0 radical (unpaired) electrons. The molecule has 0 bridgehead atoms. The third-order valence-corrected chi connectivity index (χ3v) is 3.07. The zero-order valence-electron chi connectivity index (χ0n) is 13.6. The van der Waals surface area contributed by atoms with Crippen molar-refractivity contribution in [2.75, 3.05) is 0 Å². The molecule has 8 heteroatoms. The average Bonchev–Trinajstić information content (AvgIpc) is 2.34. The van der Waals surface area contributed by atoms with Gasteiger partial charge in [-0.05, 0) is 32.4 Å². The number of carboxylic acids is 1. The molecule has 0 saturated carbocycles. The minimum Gasteiger partial charge on any atom is -0.481 e. The number of alkyl halides is 3. The summed E-state index contributed by atoms with van der Waals surface area (Å²) in [5.41, 5.74) is 3.90. The first-order valence-electron chi connectivity index (χ1n) is 7.18. The summed E-state index contributed by atoms with van der Waals surface area (Å²) in [5.74, 6) is -3.44. The number of nitrogens with two attached hydrogens (primary N) is 1. The predicted molar refractivity (Wildman–Crippen MR) is 80.3 cm³/mol. The van der Waals surface area contributed by atoms with E-state index in [1.165, 1.54) is 6.07 Å². The first kappa shape index (κ1) is 20.0. The molecule has 134 valence electrons. The first-order valence-corrected chi connectivity index (χ1v) is 7.18. The van der Waals surface area contributed by atoms with Crippen LogP contribution in [0.2, 0.25) is 0 Å². The topological polar surface area (TPSA) is 89.6 Å². The van der Waals surface area contributed by atoms with E-state index in [0.29, 0.717) is 0 Å². The van der Waals surface area contributed by atoms with Crippen LogP contribution in [0.5, 0.6) is 0 Å². The van der Waals surface area contributed by atoms with E-state index in [0.717, 1.165) is 18.2 Å². The van der Waals surface area contributed by atoms with Crippen LogP contribution < -0.4 is 5.73 Å². The second-order valence-electron chi connectivity index (χ2n) is 6.40. The number of ether oxygens (including phenoxy) is 1. The van der Waals surface area contributed by atoms with Crippen LogP contribution in [0.15, 0.2) is 24.3 Å². The number of benzene rings is 1. The fourth-order valence-electron chi connectivity index (χ4n) is 2.15. The van der Waals surface area contributed by atoms with Crippen molar-refractivity contribution >= 4 is 11.9 Å². The second-order valence-corrected chi connectivity index (χ2v) is 6.40. The molecule has 5 nitrogen and oxygen atoms in total. The summed E-state index contributed by atoms with van der Waals surface area (Å²) >= 11 is 0. The molecule has 0 aliphatic heterocycles. The van der Waals surface area contributed by atoms with Crippen molar-refractivity contribution in [2.24, 2.45) is 5.73 Å². The summed E-state index contributed by atoms with van der Waals surface area (Å²) in [7, 11) is 0. The summed E-state index contributed by atoms with van der Waals surface area (Å²) in [5, 5.41) is 8.87. The monoisotopic (exact) mass is 347 g/mol. The summed E-state index contributed by atoms with van der Waals surface area (Å²) in [6, 6.07) is 2.87. The number of hydrogen-bond acceptors (Lipinski definition) is 4. The van der Waals surface area contributed by atoms with Gasteiger partial charge in [0.2, 0.25) is 0 Å². The Balaban J connectivity index is 3.27. The van der Waals surface area contributed by atoms with Gasteiger partial charge in [0, 0.05) is 6.04 Å². The van der Waals surface area contributed by atoms with Crippen molar-refractivity contribution in [1.82, 2.24) is 0 Å². The van der Waals surface area contributed by atoms with Crippen LogP contribution in [-0.2, 0) is 20.5 Å². The molecule has 0 amide bonds. The van der Waals surface area contributed by atoms with Crippen LogP contribution in [0.3, 0.4) is 0 Å². The molecule has 2 atom stereocenters. The maximum Gasteiger partial charge on any atom is 0.416 e. The normalized spacial score (nSPS) is 14.8. The molecule has 0 aromatic heterocycles. The predicted octanol–water partition coefficient (Wildman–Crippen LogP) is 2.93. The molecule has 24 heavy (non-hydrogen) atoms. The number of carbonyl (C=O) groups is 2. The summed E-state index contributed by atoms with van der Waals surface area (Å²) < 4.78 is 43.8. The zero-order chi connectivity index (χ0) is 18.7. The number of hydrogen-bond donors (Lipinski definition) is 2. The van der Waals surface area contributed by atoms with Gasteiger partial charge in [0.1, 0.15) is 5.60 Å². The highest BCUT2D eigenvalue weighted by atomic mass is 19.4. The van der Waals surface area contributed by atoms with Gasteiger partial charge in [0.15, 0.2) is 0 Å². The van der Waals surface area contributed by atoms with Crippen LogP contribution in [0.25, 0.3) is 0 Å². The molecule has 0 saturated heterocycles. The SMILES string of the molecule is CC(C)(C)OC(=O)[C@@H](c1cccc(C(F)(F)F)c1)[C@@H](N)CC(=O)O. The Labute approximate surface area is 137 Å². The molecule has 1 aromatic carbocycles. The Morgan fingerprint density at radius 3 is 2.29 bits per heavy atom. The maximum absolute atomic E-state index is 12.9. The molecule has 0 aliphatic carbocycles. The number of esters is 1. The van der Waals surface area contributed by atoms with Crippen molar-refractivity contribution < 1.29 is 32.6 Å². The smallest absolute Gasteiger partial charge is 0.416 e. The minimum atomic E-state index is -4.59. The number of halogens is 3.